The molecule has 0 atom stereocenters. The standard InChI is InChI=1S/C11H17O2Si/c1-4-12-14(13-5-2)11-8-6-7-10(3)9-11/h6-9H,4-5H2,1-3H3. The monoisotopic (exact) mass is 209 g/mol. The molecule has 1 aromatic carbocycles. The average molecular weight is 209 g/mol. The minimum absolute atomic E-state index is 0.711. The van der Waals surface area contributed by atoms with Crippen molar-refractivity contribution in [1.82, 2.24) is 0 Å². The Hall–Kier alpha value is -0.643. The van der Waals surface area contributed by atoms with E-state index in [2.05, 4.69) is 25.1 Å². The van der Waals surface area contributed by atoms with Crippen LogP contribution in [0.5, 0.6) is 0 Å². The van der Waals surface area contributed by atoms with Gasteiger partial charge in [0.1, 0.15) is 0 Å². The van der Waals surface area contributed by atoms with Crippen molar-refractivity contribution in [2.45, 2.75) is 20.8 Å². The number of hydrogen-bond donors (Lipinski definition) is 0. The summed E-state index contributed by atoms with van der Waals surface area (Å²) >= 11 is 0. The van der Waals surface area contributed by atoms with Gasteiger partial charge in [-0.2, -0.15) is 0 Å². The molecule has 14 heavy (non-hydrogen) atoms. The van der Waals surface area contributed by atoms with Crippen molar-refractivity contribution in [1.29, 1.82) is 0 Å². The summed E-state index contributed by atoms with van der Waals surface area (Å²) in [4.78, 5) is 0. The molecule has 0 aromatic heterocycles. The topological polar surface area (TPSA) is 18.5 Å². The van der Waals surface area contributed by atoms with Gasteiger partial charge in [0.15, 0.2) is 0 Å². The fourth-order valence-electron chi connectivity index (χ4n) is 1.24. The van der Waals surface area contributed by atoms with E-state index in [9.17, 15) is 0 Å². The van der Waals surface area contributed by atoms with E-state index in [4.69, 9.17) is 8.85 Å². The fourth-order valence-corrected chi connectivity index (χ4v) is 2.76. The maximum absolute atomic E-state index is 5.60. The van der Waals surface area contributed by atoms with Crippen molar-refractivity contribution in [3.05, 3.63) is 29.8 Å². The third-order valence-corrected chi connectivity index (χ3v) is 3.69. The Morgan fingerprint density at radius 2 is 1.79 bits per heavy atom. The normalized spacial score (nSPS) is 10.9. The second-order valence-corrected chi connectivity index (χ2v) is 4.75. The summed E-state index contributed by atoms with van der Waals surface area (Å²) in [6.45, 7) is 7.50. The summed E-state index contributed by atoms with van der Waals surface area (Å²) in [6, 6.07) is 8.35. The lowest BCUT2D eigenvalue weighted by Gasteiger charge is -2.13. The van der Waals surface area contributed by atoms with Crippen LogP contribution < -0.4 is 5.19 Å². The molecule has 0 spiro atoms. The Labute approximate surface area is 87.7 Å². The first kappa shape index (κ1) is 11.4. The largest absolute Gasteiger partial charge is 0.423 e. The molecule has 2 nitrogen and oxygen atoms in total. The molecule has 0 heterocycles. The second-order valence-electron chi connectivity index (χ2n) is 3.02. The van der Waals surface area contributed by atoms with E-state index in [1.807, 2.05) is 19.9 Å². The van der Waals surface area contributed by atoms with Gasteiger partial charge in [-0.25, -0.2) is 0 Å². The zero-order chi connectivity index (χ0) is 10.4. The van der Waals surface area contributed by atoms with Crippen LogP contribution in [0.25, 0.3) is 0 Å². The molecule has 3 heteroatoms. The lowest BCUT2D eigenvalue weighted by Crippen LogP contribution is -2.37. The molecular weight excluding hydrogens is 192 g/mol. The minimum Gasteiger partial charge on any atom is -0.390 e. The van der Waals surface area contributed by atoms with Crippen LogP contribution in [0.3, 0.4) is 0 Å². The molecule has 1 radical (unpaired) electrons. The first-order valence-electron chi connectivity index (χ1n) is 4.97. The summed E-state index contributed by atoms with van der Waals surface area (Å²) in [7, 11) is -1.25. The smallest absolute Gasteiger partial charge is 0.390 e. The maximum atomic E-state index is 5.60. The van der Waals surface area contributed by atoms with Gasteiger partial charge >= 0.3 is 9.28 Å². The molecule has 0 aliphatic carbocycles. The highest BCUT2D eigenvalue weighted by atomic mass is 28.3. The molecule has 0 saturated heterocycles. The Balaban J connectivity index is 2.75. The van der Waals surface area contributed by atoms with Crippen LogP contribution >= 0.6 is 0 Å². The quantitative estimate of drug-likeness (QED) is 0.688. The summed E-state index contributed by atoms with van der Waals surface area (Å²) < 4.78 is 11.2. The van der Waals surface area contributed by atoms with Crippen molar-refractivity contribution in [3.8, 4) is 0 Å². The third-order valence-electron chi connectivity index (χ3n) is 1.80. The Bertz CT molecular complexity index is 270. The fraction of sp³-hybridized carbons (Fsp3) is 0.455. The number of benzene rings is 1. The Morgan fingerprint density at radius 3 is 2.29 bits per heavy atom. The Morgan fingerprint density at radius 1 is 1.14 bits per heavy atom. The predicted octanol–water partition coefficient (Wildman–Crippen LogP) is 1.76. The van der Waals surface area contributed by atoms with Gasteiger partial charge in [0, 0.05) is 13.2 Å². The molecular formula is C11H17O2Si. The molecule has 0 aliphatic rings. The lowest BCUT2D eigenvalue weighted by molar-refractivity contribution is 0.225. The molecule has 0 aliphatic heterocycles. The SMILES string of the molecule is CCO[Si](OCC)c1cccc(C)c1. The lowest BCUT2D eigenvalue weighted by atomic mass is 10.2. The molecule has 0 N–H and O–H groups in total. The van der Waals surface area contributed by atoms with Gasteiger partial charge < -0.3 is 8.85 Å². The van der Waals surface area contributed by atoms with Crippen molar-refractivity contribution >= 4 is 14.5 Å². The average Bonchev–Trinajstić information content (AvgIpc) is 2.17. The number of aryl methyl sites for hydroxylation is 1. The summed E-state index contributed by atoms with van der Waals surface area (Å²) in [5.41, 5.74) is 1.25. The third kappa shape index (κ3) is 3.25. The predicted molar refractivity (Wildman–Crippen MR) is 59.8 cm³/mol. The highest BCUT2D eigenvalue weighted by Gasteiger charge is 2.17. The van der Waals surface area contributed by atoms with E-state index in [0.717, 1.165) is 0 Å². The van der Waals surface area contributed by atoms with Crippen LogP contribution in [0.4, 0.5) is 0 Å². The van der Waals surface area contributed by atoms with E-state index in [1.165, 1.54) is 10.8 Å². The van der Waals surface area contributed by atoms with Gasteiger partial charge in [-0.05, 0) is 26.0 Å². The van der Waals surface area contributed by atoms with Crippen LogP contribution in [-0.2, 0) is 8.85 Å². The summed E-state index contributed by atoms with van der Waals surface area (Å²) in [5, 5.41) is 1.19. The molecule has 0 bridgehead atoms. The van der Waals surface area contributed by atoms with Crippen molar-refractivity contribution < 1.29 is 8.85 Å². The Kier molecular flexibility index (Phi) is 4.86. The zero-order valence-electron chi connectivity index (χ0n) is 9.04. The van der Waals surface area contributed by atoms with Gasteiger partial charge in [0.05, 0.1) is 0 Å². The molecule has 0 saturated carbocycles. The van der Waals surface area contributed by atoms with Crippen LogP contribution in [0.2, 0.25) is 0 Å². The van der Waals surface area contributed by atoms with Gasteiger partial charge in [0.2, 0.25) is 0 Å². The highest BCUT2D eigenvalue weighted by Crippen LogP contribution is 1.97. The second kappa shape index (κ2) is 5.96. The van der Waals surface area contributed by atoms with E-state index < -0.39 is 9.28 Å². The van der Waals surface area contributed by atoms with Crippen LogP contribution in [-0.4, -0.2) is 22.5 Å². The van der Waals surface area contributed by atoms with Crippen molar-refractivity contribution in [2.24, 2.45) is 0 Å². The number of rotatable bonds is 5. The first-order valence-corrected chi connectivity index (χ1v) is 6.29. The summed E-state index contributed by atoms with van der Waals surface area (Å²) in [6.07, 6.45) is 0. The summed E-state index contributed by atoms with van der Waals surface area (Å²) in [5.74, 6) is 0. The maximum Gasteiger partial charge on any atom is 0.423 e. The van der Waals surface area contributed by atoms with Crippen LogP contribution in [0, 0.1) is 6.92 Å². The molecule has 0 fully saturated rings. The van der Waals surface area contributed by atoms with Gasteiger partial charge in [-0.15, -0.1) is 0 Å². The molecule has 1 aromatic rings. The molecule has 77 valence electrons. The van der Waals surface area contributed by atoms with Gasteiger partial charge in [-0.3, -0.25) is 0 Å². The first-order chi connectivity index (χ1) is 6.77. The molecule has 0 unspecified atom stereocenters. The van der Waals surface area contributed by atoms with Crippen molar-refractivity contribution in [2.75, 3.05) is 13.2 Å². The minimum atomic E-state index is -1.25. The van der Waals surface area contributed by atoms with Crippen LogP contribution in [0.15, 0.2) is 24.3 Å². The van der Waals surface area contributed by atoms with E-state index in [0.29, 0.717) is 13.2 Å². The molecule has 1 rings (SSSR count). The molecule has 0 amide bonds. The van der Waals surface area contributed by atoms with E-state index in [-0.39, 0.29) is 0 Å². The van der Waals surface area contributed by atoms with Gasteiger partial charge in [0.25, 0.3) is 0 Å². The van der Waals surface area contributed by atoms with Gasteiger partial charge in [-0.1, -0.05) is 29.8 Å². The van der Waals surface area contributed by atoms with Crippen LogP contribution in [0.1, 0.15) is 19.4 Å². The van der Waals surface area contributed by atoms with E-state index in [1.54, 1.807) is 0 Å². The number of hydrogen-bond acceptors (Lipinski definition) is 2. The van der Waals surface area contributed by atoms with E-state index >= 15 is 0 Å². The zero-order valence-corrected chi connectivity index (χ0v) is 10.0. The van der Waals surface area contributed by atoms with Crippen molar-refractivity contribution in [3.63, 3.8) is 0 Å². The highest BCUT2D eigenvalue weighted by molar-refractivity contribution is 6.61.